The smallest absolute Gasteiger partial charge is 0.162 e. The first-order valence-corrected chi connectivity index (χ1v) is 9.87. The molecular formula is C22H30O3. The lowest BCUT2D eigenvalue weighted by atomic mass is 9.50. The summed E-state index contributed by atoms with van der Waals surface area (Å²) >= 11 is 0. The van der Waals surface area contributed by atoms with Gasteiger partial charge in [-0.1, -0.05) is 38.5 Å². The lowest BCUT2D eigenvalue weighted by Gasteiger charge is -2.54. The van der Waals surface area contributed by atoms with Gasteiger partial charge in [-0.15, -0.1) is 0 Å². The van der Waals surface area contributed by atoms with Crippen molar-refractivity contribution < 1.29 is 14.7 Å². The molecule has 3 heteroatoms. The van der Waals surface area contributed by atoms with Gasteiger partial charge in [0.25, 0.3) is 0 Å². The molecule has 0 radical (unpaired) electrons. The normalized spacial score (nSPS) is 48.4. The molecule has 0 unspecified atom stereocenters. The van der Waals surface area contributed by atoms with Gasteiger partial charge in [-0.25, -0.2) is 0 Å². The maximum atomic E-state index is 12.5. The molecule has 4 rings (SSSR count). The maximum absolute atomic E-state index is 12.5. The van der Waals surface area contributed by atoms with Crippen LogP contribution in [0.2, 0.25) is 0 Å². The zero-order valence-electron chi connectivity index (χ0n) is 15.6. The summed E-state index contributed by atoms with van der Waals surface area (Å²) < 4.78 is 0. The van der Waals surface area contributed by atoms with Crippen LogP contribution in [-0.4, -0.2) is 23.3 Å². The number of ketones is 2. The van der Waals surface area contributed by atoms with Crippen molar-refractivity contribution in [1.29, 1.82) is 0 Å². The molecule has 4 aliphatic carbocycles. The van der Waals surface area contributed by atoms with Gasteiger partial charge in [-0.3, -0.25) is 9.59 Å². The molecule has 7 atom stereocenters. The second-order valence-corrected chi connectivity index (χ2v) is 9.46. The summed E-state index contributed by atoms with van der Waals surface area (Å²) in [5.74, 6) is 2.10. The molecule has 0 aromatic heterocycles. The van der Waals surface area contributed by atoms with Crippen LogP contribution in [0.15, 0.2) is 23.8 Å². The number of aliphatic hydroxyl groups excluding tert-OH is 1. The summed E-state index contributed by atoms with van der Waals surface area (Å²) in [4.78, 5) is 24.3. The van der Waals surface area contributed by atoms with Crippen molar-refractivity contribution in [2.45, 2.75) is 52.9 Å². The number of hydrogen-bond donors (Lipinski definition) is 1. The van der Waals surface area contributed by atoms with Gasteiger partial charge in [0.05, 0.1) is 0 Å². The molecule has 1 N–H and O–H groups in total. The molecule has 0 amide bonds. The topological polar surface area (TPSA) is 54.4 Å². The zero-order chi connectivity index (χ0) is 18.0. The highest BCUT2D eigenvalue weighted by molar-refractivity contribution is 5.91. The Morgan fingerprint density at radius 3 is 2.80 bits per heavy atom. The third-order valence-corrected chi connectivity index (χ3v) is 8.26. The fourth-order valence-corrected chi connectivity index (χ4v) is 7.09. The van der Waals surface area contributed by atoms with Crippen molar-refractivity contribution in [3.8, 4) is 0 Å². The minimum Gasteiger partial charge on any atom is -0.389 e. The van der Waals surface area contributed by atoms with Gasteiger partial charge in [-0.2, -0.15) is 0 Å². The van der Waals surface area contributed by atoms with E-state index in [2.05, 4.69) is 32.9 Å². The zero-order valence-corrected chi connectivity index (χ0v) is 15.6. The van der Waals surface area contributed by atoms with Crippen molar-refractivity contribution >= 4 is 11.6 Å². The lowest BCUT2D eigenvalue weighted by molar-refractivity contribution is -0.131. The Morgan fingerprint density at radius 1 is 1.32 bits per heavy atom. The van der Waals surface area contributed by atoms with E-state index in [9.17, 15) is 14.7 Å². The van der Waals surface area contributed by atoms with E-state index in [-0.39, 0.29) is 34.9 Å². The third-order valence-electron chi connectivity index (χ3n) is 8.26. The van der Waals surface area contributed by atoms with Crippen LogP contribution < -0.4 is 0 Å². The van der Waals surface area contributed by atoms with E-state index in [1.54, 1.807) is 6.08 Å². The van der Waals surface area contributed by atoms with Gasteiger partial charge in [0, 0.05) is 17.8 Å². The van der Waals surface area contributed by atoms with Crippen molar-refractivity contribution in [3.05, 3.63) is 23.8 Å². The number of carbonyl (C=O) groups excluding carboxylic acids is 2. The highest BCUT2D eigenvalue weighted by Gasteiger charge is 2.59. The highest BCUT2D eigenvalue weighted by atomic mass is 16.3. The van der Waals surface area contributed by atoms with Gasteiger partial charge in [0.2, 0.25) is 0 Å². The van der Waals surface area contributed by atoms with E-state index in [0.29, 0.717) is 30.1 Å². The molecule has 0 aliphatic heterocycles. The van der Waals surface area contributed by atoms with Crippen LogP contribution in [0.5, 0.6) is 0 Å². The summed E-state index contributed by atoms with van der Waals surface area (Å²) in [6.45, 7) is 6.45. The van der Waals surface area contributed by atoms with E-state index in [4.69, 9.17) is 0 Å². The quantitative estimate of drug-likeness (QED) is 0.778. The van der Waals surface area contributed by atoms with Gasteiger partial charge in [0.15, 0.2) is 11.6 Å². The van der Waals surface area contributed by atoms with Crippen molar-refractivity contribution in [3.63, 3.8) is 0 Å². The summed E-state index contributed by atoms with van der Waals surface area (Å²) in [5, 5.41) is 9.46. The summed E-state index contributed by atoms with van der Waals surface area (Å²) in [6.07, 6.45) is 11.3. The van der Waals surface area contributed by atoms with E-state index < -0.39 is 0 Å². The number of carbonyl (C=O) groups is 2. The van der Waals surface area contributed by atoms with Crippen LogP contribution >= 0.6 is 0 Å². The summed E-state index contributed by atoms with van der Waals surface area (Å²) in [6, 6.07) is 0. The number of fused-ring (bicyclic) bond motifs is 5. The standard InChI is InChI=1S/C22H30O3/c1-13-10-18-16-5-4-14-11-15(24)6-8-21(14,2)17(16)7-9-22(18,3)20(13)19(25)12-23/h6-8,13-14,16,18,20,23H,4-5,9-12H2,1-3H3/t13-,14+,16-,18+,20-,21+,22+/m1/s1. The first-order valence-electron chi connectivity index (χ1n) is 9.87. The third kappa shape index (κ3) is 2.27. The molecule has 136 valence electrons. The molecule has 3 nitrogen and oxygen atoms in total. The average Bonchev–Trinajstić information content (AvgIpc) is 2.85. The van der Waals surface area contributed by atoms with Crippen LogP contribution in [0.25, 0.3) is 0 Å². The second kappa shape index (κ2) is 5.64. The van der Waals surface area contributed by atoms with E-state index in [1.165, 1.54) is 5.57 Å². The van der Waals surface area contributed by atoms with Gasteiger partial charge >= 0.3 is 0 Å². The van der Waals surface area contributed by atoms with Gasteiger partial charge in [0.1, 0.15) is 6.61 Å². The van der Waals surface area contributed by atoms with Crippen LogP contribution in [0.4, 0.5) is 0 Å². The Kier molecular flexibility index (Phi) is 3.88. The number of allylic oxidation sites excluding steroid dienone is 4. The molecule has 0 saturated heterocycles. The molecule has 0 heterocycles. The minimum absolute atomic E-state index is 0.0144. The molecule has 0 aromatic carbocycles. The Bertz CT molecular complexity index is 675. The van der Waals surface area contributed by atoms with Gasteiger partial charge < -0.3 is 5.11 Å². The first-order chi connectivity index (χ1) is 11.8. The molecular weight excluding hydrogens is 312 g/mol. The summed E-state index contributed by atoms with van der Waals surface area (Å²) in [7, 11) is 0. The van der Waals surface area contributed by atoms with E-state index in [0.717, 1.165) is 25.7 Å². The molecule has 25 heavy (non-hydrogen) atoms. The number of aliphatic hydroxyl groups is 1. The number of hydrogen-bond acceptors (Lipinski definition) is 3. The molecule has 2 fully saturated rings. The van der Waals surface area contributed by atoms with Crippen LogP contribution in [0.1, 0.15) is 52.9 Å². The van der Waals surface area contributed by atoms with Crippen LogP contribution in [-0.2, 0) is 9.59 Å². The second-order valence-electron chi connectivity index (χ2n) is 9.46. The molecule has 2 saturated carbocycles. The predicted molar refractivity (Wildman–Crippen MR) is 96.7 cm³/mol. The van der Waals surface area contributed by atoms with E-state index >= 15 is 0 Å². The molecule has 4 aliphatic rings. The van der Waals surface area contributed by atoms with E-state index in [1.807, 2.05) is 0 Å². The minimum atomic E-state index is -0.330. The molecule has 0 aromatic rings. The van der Waals surface area contributed by atoms with Crippen molar-refractivity contribution in [2.24, 2.45) is 40.4 Å². The monoisotopic (exact) mass is 342 g/mol. The highest BCUT2D eigenvalue weighted by Crippen LogP contribution is 2.65. The number of rotatable bonds is 2. The Balaban J connectivity index is 1.73. The lowest BCUT2D eigenvalue weighted by Crippen LogP contribution is -2.47. The fraction of sp³-hybridized carbons (Fsp3) is 0.727. The average molecular weight is 342 g/mol. The summed E-state index contributed by atoms with van der Waals surface area (Å²) in [5.41, 5.74) is 1.52. The van der Waals surface area contributed by atoms with Crippen molar-refractivity contribution in [2.75, 3.05) is 6.61 Å². The first kappa shape index (κ1) is 17.2. The Hall–Kier alpha value is -1.22. The van der Waals surface area contributed by atoms with Crippen LogP contribution in [0.3, 0.4) is 0 Å². The Labute approximate surface area is 150 Å². The molecule has 0 bridgehead atoms. The van der Waals surface area contributed by atoms with Crippen LogP contribution in [0, 0.1) is 40.4 Å². The maximum Gasteiger partial charge on any atom is 0.162 e. The predicted octanol–water partition coefficient (Wildman–Crippen LogP) is 3.72. The fourth-order valence-electron chi connectivity index (χ4n) is 7.09. The largest absolute Gasteiger partial charge is 0.389 e. The SMILES string of the molecule is C[C@@H]1C[C@H]2[C@@H]3CC[C@H]4CC(=O)C=C[C@]4(C)C3=CC[C@]2(C)[C@H]1C(=O)CO. The molecule has 0 spiro atoms. The Morgan fingerprint density at radius 2 is 2.08 bits per heavy atom. The van der Waals surface area contributed by atoms with Gasteiger partial charge in [-0.05, 0) is 60.8 Å². The number of Topliss-reactive ketones (excluding diaryl/α,β-unsaturated/α-hetero) is 1. The van der Waals surface area contributed by atoms with Crippen molar-refractivity contribution in [1.82, 2.24) is 0 Å².